The molecule has 0 unspecified atom stereocenters. The standard InChI is InChI=1S/C7H11F4NO2/c1-13-7(10,11)6(8,9)12-2-4-14-5-3-12/h2-5H2,1H3. The van der Waals surface area contributed by atoms with Crippen LogP contribution in [0.4, 0.5) is 17.6 Å². The lowest BCUT2D eigenvalue weighted by atomic mass is 10.3. The number of alkyl halides is 4. The molecule has 0 amide bonds. The lowest BCUT2D eigenvalue weighted by Crippen LogP contribution is -2.58. The topological polar surface area (TPSA) is 21.7 Å². The summed E-state index contributed by atoms with van der Waals surface area (Å²) in [4.78, 5) is 0.361. The average Bonchev–Trinajstić information content (AvgIpc) is 2.19. The van der Waals surface area contributed by atoms with E-state index >= 15 is 0 Å². The Morgan fingerprint density at radius 1 is 1.14 bits per heavy atom. The monoisotopic (exact) mass is 217 g/mol. The Morgan fingerprint density at radius 3 is 2.07 bits per heavy atom. The predicted octanol–water partition coefficient (Wildman–Crippen LogP) is 1.15. The van der Waals surface area contributed by atoms with Crippen LogP contribution in [0.15, 0.2) is 0 Å². The van der Waals surface area contributed by atoms with E-state index in [1.54, 1.807) is 0 Å². The minimum atomic E-state index is -4.47. The van der Waals surface area contributed by atoms with E-state index in [2.05, 4.69) is 4.74 Å². The van der Waals surface area contributed by atoms with Crippen molar-refractivity contribution in [1.82, 2.24) is 4.90 Å². The van der Waals surface area contributed by atoms with Gasteiger partial charge in [-0.1, -0.05) is 0 Å². The molecule has 0 aromatic rings. The summed E-state index contributed by atoms with van der Waals surface area (Å²) in [7, 11) is 0.550. The minimum absolute atomic E-state index is 0.0232. The van der Waals surface area contributed by atoms with E-state index in [-0.39, 0.29) is 26.3 Å². The van der Waals surface area contributed by atoms with Gasteiger partial charge in [0.05, 0.1) is 13.2 Å². The van der Waals surface area contributed by atoms with Crippen LogP contribution in [0, 0.1) is 0 Å². The van der Waals surface area contributed by atoms with E-state index in [4.69, 9.17) is 4.74 Å². The zero-order chi connectivity index (χ0) is 10.8. The lowest BCUT2D eigenvalue weighted by molar-refractivity contribution is -0.386. The highest BCUT2D eigenvalue weighted by Crippen LogP contribution is 2.37. The smallest absolute Gasteiger partial charge is 0.379 e. The highest BCUT2D eigenvalue weighted by atomic mass is 19.3. The Kier molecular flexibility index (Phi) is 3.33. The first-order chi connectivity index (χ1) is 6.42. The maximum atomic E-state index is 13.1. The van der Waals surface area contributed by atoms with E-state index in [0.29, 0.717) is 12.0 Å². The van der Waals surface area contributed by atoms with Crippen molar-refractivity contribution in [1.29, 1.82) is 0 Å². The van der Waals surface area contributed by atoms with Crippen molar-refractivity contribution in [2.24, 2.45) is 0 Å². The summed E-state index contributed by atoms with van der Waals surface area (Å²) in [5.74, 6) is 0. The number of halogens is 4. The van der Waals surface area contributed by atoms with Gasteiger partial charge in [-0.2, -0.15) is 17.6 Å². The molecule has 0 N–H and O–H groups in total. The Morgan fingerprint density at radius 2 is 1.64 bits per heavy atom. The molecule has 1 heterocycles. The summed E-state index contributed by atoms with van der Waals surface area (Å²) in [6.45, 7) is -0.414. The largest absolute Gasteiger partial charge is 0.434 e. The number of morpholine rings is 1. The first-order valence-electron chi connectivity index (χ1n) is 4.05. The molecule has 1 saturated heterocycles. The maximum absolute atomic E-state index is 13.1. The van der Waals surface area contributed by atoms with Crippen molar-refractivity contribution >= 4 is 0 Å². The second-order valence-corrected chi connectivity index (χ2v) is 2.86. The van der Waals surface area contributed by atoms with Crippen LogP contribution in [0.3, 0.4) is 0 Å². The Balaban J connectivity index is 2.71. The average molecular weight is 217 g/mol. The van der Waals surface area contributed by atoms with Gasteiger partial charge in [0.2, 0.25) is 0 Å². The number of ether oxygens (including phenoxy) is 2. The van der Waals surface area contributed by atoms with Gasteiger partial charge in [-0.05, 0) is 0 Å². The molecule has 84 valence electrons. The third-order valence-corrected chi connectivity index (χ3v) is 2.01. The van der Waals surface area contributed by atoms with Crippen LogP contribution >= 0.6 is 0 Å². The quantitative estimate of drug-likeness (QED) is 0.523. The molecule has 1 fully saturated rings. The van der Waals surface area contributed by atoms with Gasteiger partial charge >= 0.3 is 12.2 Å². The van der Waals surface area contributed by atoms with Crippen molar-refractivity contribution in [2.45, 2.75) is 12.2 Å². The minimum Gasteiger partial charge on any atom is -0.379 e. The molecule has 0 aromatic carbocycles. The van der Waals surface area contributed by atoms with Gasteiger partial charge in [0.25, 0.3) is 0 Å². The lowest BCUT2D eigenvalue weighted by Gasteiger charge is -2.36. The van der Waals surface area contributed by atoms with Crippen LogP contribution in [0.25, 0.3) is 0 Å². The van der Waals surface area contributed by atoms with E-state index in [1.165, 1.54) is 0 Å². The maximum Gasteiger partial charge on any atom is 0.434 e. The molecular weight excluding hydrogens is 206 g/mol. The summed E-state index contributed by atoms with van der Waals surface area (Å²) in [5, 5.41) is 0. The fourth-order valence-corrected chi connectivity index (χ4v) is 1.15. The van der Waals surface area contributed by atoms with Crippen molar-refractivity contribution in [3.63, 3.8) is 0 Å². The number of methoxy groups -OCH3 is 1. The van der Waals surface area contributed by atoms with Crippen molar-refractivity contribution < 1.29 is 27.0 Å². The van der Waals surface area contributed by atoms with Crippen LogP contribution in [0.2, 0.25) is 0 Å². The van der Waals surface area contributed by atoms with Gasteiger partial charge in [-0.15, -0.1) is 0 Å². The summed E-state index contributed by atoms with van der Waals surface area (Å²) < 4.78 is 59.8. The normalized spacial score (nSPS) is 21.2. The van der Waals surface area contributed by atoms with Crippen molar-refractivity contribution in [3.8, 4) is 0 Å². The molecule has 0 atom stereocenters. The highest BCUT2D eigenvalue weighted by molar-refractivity contribution is 4.79. The third-order valence-electron chi connectivity index (χ3n) is 2.01. The summed E-state index contributed by atoms with van der Waals surface area (Å²) >= 11 is 0. The zero-order valence-corrected chi connectivity index (χ0v) is 7.60. The first-order valence-corrected chi connectivity index (χ1v) is 4.05. The molecule has 1 aliphatic heterocycles. The van der Waals surface area contributed by atoms with Crippen LogP contribution in [-0.2, 0) is 9.47 Å². The van der Waals surface area contributed by atoms with E-state index in [9.17, 15) is 17.6 Å². The van der Waals surface area contributed by atoms with Crippen LogP contribution < -0.4 is 0 Å². The Bertz CT molecular complexity index is 194. The molecule has 0 bridgehead atoms. The molecule has 3 nitrogen and oxygen atoms in total. The number of hydrogen-bond acceptors (Lipinski definition) is 3. The molecule has 0 aliphatic carbocycles. The summed E-state index contributed by atoms with van der Waals surface area (Å²) in [5.41, 5.74) is 0. The summed E-state index contributed by atoms with van der Waals surface area (Å²) in [6, 6.07) is -4.29. The fraction of sp³-hybridized carbons (Fsp3) is 1.00. The van der Waals surface area contributed by atoms with E-state index in [0.717, 1.165) is 0 Å². The number of nitrogens with zero attached hydrogens (tertiary/aromatic N) is 1. The van der Waals surface area contributed by atoms with E-state index < -0.39 is 12.2 Å². The van der Waals surface area contributed by atoms with Gasteiger partial charge in [0, 0.05) is 20.2 Å². The van der Waals surface area contributed by atoms with Gasteiger partial charge in [-0.25, -0.2) is 4.90 Å². The zero-order valence-electron chi connectivity index (χ0n) is 7.60. The van der Waals surface area contributed by atoms with E-state index in [1.807, 2.05) is 0 Å². The third kappa shape index (κ3) is 1.99. The van der Waals surface area contributed by atoms with Gasteiger partial charge in [0.1, 0.15) is 0 Å². The van der Waals surface area contributed by atoms with Crippen LogP contribution in [0.5, 0.6) is 0 Å². The molecule has 1 rings (SSSR count). The first kappa shape index (κ1) is 11.7. The molecule has 0 spiro atoms. The fourth-order valence-electron chi connectivity index (χ4n) is 1.15. The molecule has 1 aliphatic rings. The highest BCUT2D eigenvalue weighted by Gasteiger charge is 2.61. The van der Waals surface area contributed by atoms with Crippen molar-refractivity contribution in [3.05, 3.63) is 0 Å². The van der Waals surface area contributed by atoms with Gasteiger partial charge in [-0.3, -0.25) is 0 Å². The molecule has 14 heavy (non-hydrogen) atoms. The molecular formula is C7H11F4NO2. The SMILES string of the molecule is COC(F)(F)C(F)(F)N1CCOCC1. The Labute approximate surface area is 78.6 Å². The van der Waals surface area contributed by atoms with Gasteiger partial charge < -0.3 is 9.47 Å². The second kappa shape index (κ2) is 4.00. The number of hydrogen-bond donors (Lipinski definition) is 0. The number of rotatable bonds is 3. The molecule has 0 radical (unpaired) electrons. The summed E-state index contributed by atoms with van der Waals surface area (Å²) in [6.07, 6.45) is -4.47. The molecule has 0 saturated carbocycles. The molecule has 0 aromatic heterocycles. The van der Waals surface area contributed by atoms with Gasteiger partial charge in [0.15, 0.2) is 0 Å². The van der Waals surface area contributed by atoms with Crippen molar-refractivity contribution in [2.75, 3.05) is 33.4 Å². The van der Waals surface area contributed by atoms with Crippen LogP contribution in [-0.4, -0.2) is 50.5 Å². The molecule has 7 heteroatoms. The van der Waals surface area contributed by atoms with Crippen LogP contribution in [0.1, 0.15) is 0 Å². The Hall–Kier alpha value is -0.400. The predicted molar refractivity (Wildman–Crippen MR) is 39.3 cm³/mol. The second-order valence-electron chi connectivity index (χ2n) is 2.86.